The van der Waals surface area contributed by atoms with Gasteiger partial charge in [-0.25, -0.2) is 4.39 Å². The predicted octanol–water partition coefficient (Wildman–Crippen LogP) is 4.14. The summed E-state index contributed by atoms with van der Waals surface area (Å²) in [5.74, 6) is -0.0486. The molecule has 0 radical (unpaired) electrons. The van der Waals surface area contributed by atoms with E-state index in [2.05, 4.69) is 35.1 Å². The zero-order chi connectivity index (χ0) is 13.7. The molecule has 0 saturated carbocycles. The number of rotatable bonds is 5. The Morgan fingerprint density at radius 3 is 2.50 bits per heavy atom. The lowest BCUT2D eigenvalue weighted by Crippen LogP contribution is -2.37. The number of hydrogen-bond acceptors (Lipinski definition) is 1. The summed E-state index contributed by atoms with van der Waals surface area (Å²) in [6.07, 6.45) is 2.07. The summed E-state index contributed by atoms with van der Waals surface area (Å²) in [4.78, 5) is 12.0. The maximum atomic E-state index is 13.1. The number of nitrogens with one attached hydrogen (secondary N) is 1. The van der Waals surface area contributed by atoms with E-state index in [0.29, 0.717) is 16.0 Å². The minimum Gasteiger partial charge on any atom is -0.349 e. The molecule has 0 aliphatic carbocycles. The minimum atomic E-state index is -0.361. The Balaban J connectivity index is 2.73. The fourth-order valence-corrected chi connectivity index (χ4v) is 2.42. The Kier molecular flexibility index (Phi) is 5.79. The standard InChI is InChI=1S/C14H19BrFNO/c1-4-10(5-2)9(3)17-14(18)11-6-7-13(16)12(15)8-11/h6-10H,4-5H2,1-3H3,(H,17,18). The van der Waals surface area contributed by atoms with Crippen LogP contribution >= 0.6 is 15.9 Å². The molecule has 1 aromatic rings. The third-order valence-electron chi connectivity index (χ3n) is 3.30. The van der Waals surface area contributed by atoms with Gasteiger partial charge in [0.15, 0.2) is 0 Å². The van der Waals surface area contributed by atoms with Gasteiger partial charge in [-0.1, -0.05) is 26.7 Å². The maximum absolute atomic E-state index is 13.1. The van der Waals surface area contributed by atoms with E-state index in [1.54, 1.807) is 0 Å². The fraction of sp³-hybridized carbons (Fsp3) is 0.500. The Morgan fingerprint density at radius 2 is 2.00 bits per heavy atom. The lowest BCUT2D eigenvalue weighted by molar-refractivity contribution is 0.0925. The van der Waals surface area contributed by atoms with E-state index < -0.39 is 0 Å². The van der Waals surface area contributed by atoms with Crippen molar-refractivity contribution in [1.29, 1.82) is 0 Å². The van der Waals surface area contributed by atoms with E-state index in [9.17, 15) is 9.18 Å². The molecule has 18 heavy (non-hydrogen) atoms. The molecule has 0 heterocycles. The second kappa shape index (κ2) is 6.88. The van der Waals surface area contributed by atoms with Crippen molar-refractivity contribution in [1.82, 2.24) is 5.32 Å². The minimum absolute atomic E-state index is 0.122. The molecule has 2 nitrogen and oxygen atoms in total. The van der Waals surface area contributed by atoms with Gasteiger partial charge < -0.3 is 5.32 Å². The average molecular weight is 316 g/mol. The number of benzene rings is 1. The van der Waals surface area contributed by atoms with Gasteiger partial charge >= 0.3 is 0 Å². The largest absolute Gasteiger partial charge is 0.349 e. The van der Waals surface area contributed by atoms with Crippen LogP contribution in [0.1, 0.15) is 44.0 Å². The van der Waals surface area contributed by atoms with Gasteiger partial charge in [-0.2, -0.15) is 0 Å². The highest BCUT2D eigenvalue weighted by atomic mass is 79.9. The van der Waals surface area contributed by atoms with Crippen LogP contribution in [0.15, 0.2) is 22.7 Å². The summed E-state index contributed by atoms with van der Waals surface area (Å²) in [5, 5.41) is 2.96. The first kappa shape index (κ1) is 15.2. The summed E-state index contributed by atoms with van der Waals surface area (Å²) >= 11 is 3.08. The molecule has 0 saturated heterocycles. The van der Waals surface area contributed by atoms with Gasteiger partial charge in [0.05, 0.1) is 4.47 Å². The molecule has 0 aliphatic heterocycles. The van der Waals surface area contributed by atoms with Crippen LogP contribution in [0.5, 0.6) is 0 Å². The molecule has 0 aliphatic rings. The number of amides is 1. The number of carbonyl (C=O) groups excluding carboxylic acids is 1. The first-order valence-electron chi connectivity index (χ1n) is 6.25. The lowest BCUT2D eigenvalue weighted by atomic mass is 9.95. The summed E-state index contributed by atoms with van der Waals surface area (Å²) in [6, 6.07) is 4.41. The van der Waals surface area contributed by atoms with Crippen molar-refractivity contribution in [2.75, 3.05) is 0 Å². The Hall–Kier alpha value is -0.900. The molecule has 1 rings (SSSR count). The topological polar surface area (TPSA) is 29.1 Å². The average Bonchev–Trinajstić information content (AvgIpc) is 2.34. The zero-order valence-electron chi connectivity index (χ0n) is 11.0. The normalized spacial score (nSPS) is 12.6. The monoisotopic (exact) mass is 315 g/mol. The van der Waals surface area contributed by atoms with Gasteiger partial charge in [0.1, 0.15) is 5.82 Å². The van der Waals surface area contributed by atoms with Crippen molar-refractivity contribution >= 4 is 21.8 Å². The summed E-state index contributed by atoms with van der Waals surface area (Å²) in [6.45, 7) is 6.24. The van der Waals surface area contributed by atoms with Crippen molar-refractivity contribution in [3.05, 3.63) is 34.1 Å². The van der Waals surface area contributed by atoms with Gasteiger partial charge in [0.25, 0.3) is 5.91 Å². The van der Waals surface area contributed by atoms with Crippen LogP contribution in [0.3, 0.4) is 0 Å². The third kappa shape index (κ3) is 3.80. The van der Waals surface area contributed by atoms with Crippen LogP contribution in [0, 0.1) is 11.7 Å². The lowest BCUT2D eigenvalue weighted by Gasteiger charge is -2.22. The Morgan fingerprint density at radius 1 is 1.39 bits per heavy atom. The molecule has 1 N–H and O–H groups in total. The molecule has 1 unspecified atom stereocenters. The van der Waals surface area contributed by atoms with E-state index in [0.717, 1.165) is 12.8 Å². The molecule has 1 amide bonds. The second-order valence-electron chi connectivity index (χ2n) is 4.47. The van der Waals surface area contributed by atoms with Crippen LogP contribution in [0.25, 0.3) is 0 Å². The SMILES string of the molecule is CCC(CC)C(C)NC(=O)c1ccc(F)c(Br)c1. The van der Waals surface area contributed by atoms with Crippen molar-refractivity contribution < 1.29 is 9.18 Å². The van der Waals surface area contributed by atoms with Crippen LogP contribution in [-0.2, 0) is 0 Å². The number of carbonyl (C=O) groups is 1. The summed E-state index contributed by atoms with van der Waals surface area (Å²) in [5.41, 5.74) is 0.473. The van der Waals surface area contributed by atoms with Gasteiger partial charge in [-0.15, -0.1) is 0 Å². The first-order chi connectivity index (χ1) is 8.49. The van der Waals surface area contributed by atoms with Crippen molar-refractivity contribution in [3.8, 4) is 0 Å². The van der Waals surface area contributed by atoms with Crippen LogP contribution < -0.4 is 5.32 Å². The van der Waals surface area contributed by atoms with Crippen molar-refractivity contribution in [2.45, 2.75) is 39.7 Å². The second-order valence-corrected chi connectivity index (χ2v) is 5.32. The van der Waals surface area contributed by atoms with E-state index >= 15 is 0 Å². The molecule has 0 aromatic heterocycles. The molecule has 100 valence electrons. The highest BCUT2D eigenvalue weighted by Crippen LogP contribution is 2.18. The van der Waals surface area contributed by atoms with E-state index in [1.807, 2.05) is 6.92 Å². The smallest absolute Gasteiger partial charge is 0.251 e. The molecule has 1 aromatic carbocycles. The Bertz CT molecular complexity index is 418. The van der Waals surface area contributed by atoms with Crippen LogP contribution in [0.2, 0.25) is 0 Å². The number of hydrogen-bond donors (Lipinski definition) is 1. The maximum Gasteiger partial charge on any atom is 0.251 e. The molecule has 4 heteroatoms. The van der Waals surface area contributed by atoms with E-state index in [4.69, 9.17) is 0 Å². The predicted molar refractivity (Wildman–Crippen MR) is 75.1 cm³/mol. The zero-order valence-corrected chi connectivity index (χ0v) is 12.6. The van der Waals surface area contributed by atoms with E-state index in [-0.39, 0.29) is 17.8 Å². The van der Waals surface area contributed by atoms with Gasteiger partial charge in [0, 0.05) is 11.6 Å². The quantitative estimate of drug-likeness (QED) is 0.869. The molecule has 1 atom stereocenters. The van der Waals surface area contributed by atoms with Crippen molar-refractivity contribution in [2.24, 2.45) is 5.92 Å². The van der Waals surface area contributed by atoms with Gasteiger partial charge in [0.2, 0.25) is 0 Å². The Labute approximate surface area is 116 Å². The highest BCUT2D eigenvalue weighted by Gasteiger charge is 2.17. The van der Waals surface area contributed by atoms with Crippen LogP contribution in [-0.4, -0.2) is 11.9 Å². The molecular weight excluding hydrogens is 297 g/mol. The van der Waals surface area contributed by atoms with Crippen LogP contribution in [0.4, 0.5) is 4.39 Å². The third-order valence-corrected chi connectivity index (χ3v) is 3.90. The molecule has 0 spiro atoms. The van der Waals surface area contributed by atoms with Crippen molar-refractivity contribution in [3.63, 3.8) is 0 Å². The van der Waals surface area contributed by atoms with Gasteiger partial charge in [-0.05, 0) is 47.0 Å². The fourth-order valence-electron chi connectivity index (χ4n) is 2.04. The molecule has 0 fully saturated rings. The summed E-state index contributed by atoms with van der Waals surface area (Å²) in [7, 11) is 0. The summed E-state index contributed by atoms with van der Waals surface area (Å²) < 4.78 is 13.4. The molecule has 0 bridgehead atoms. The van der Waals surface area contributed by atoms with Gasteiger partial charge in [-0.3, -0.25) is 4.79 Å². The first-order valence-corrected chi connectivity index (χ1v) is 7.04. The number of halogens is 2. The van der Waals surface area contributed by atoms with E-state index in [1.165, 1.54) is 18.2 Å². The molecular formula is C14H19BrFNO. The highest BCUT2D eigenvalue weighted by molar-refractivity contribution is 9.10.